The number of hydrogen-bond donors (Lipinski definition) is 1. The molecular weight excluding hydrogens is 288 g/mol. The molecular formula is C13H18N6O3. The minimum Gasteiger partial charge on any atom is -0.349 e. The number of aromatic nitrogens is 4. The van der Waals surface area contributed by atoms with Crippen LogP contribution >= 0.6 is 0 Å². The van der Waals surface area contributed by atoms with Crippen molar-refractivity contribution in [3.8, 4) is 0 Å². The number of aryl methyl sites for hydroxylation is 2. The third-order valence-electron chi connectivity index (χ3n) is 3.33. The molecule has 1 atom stereocenters. The summed E-state index contributed by atoms with van der Waals surface area (Å²) in [5.74, 6) is -0.275. The number of amides is 1. The Hall–Kier alpha value is -2.71. The number of carbonyl (C=O) groups is 1. The van der Waals surface area contributed by atoms with Crippen molar-refractivity contribution < 1.29 is 9.72 Å². The van der Waals surface area contributed by atoms with Crippen molar-refractivity contribution >= 4 is 11.6 Å². The average molecular weight is 306 g/mol. The van der Waals surface area contributed by atoms with Gasteiger partial charge in [-0.15, -0.1) is 0 Å². The molecule has 1 N–H and O–H groups in total. The molecule has 1 unspecified atom stereocenters. The summed E-state index contributed by atoms with van der Waals surface area (Å²) in [4.78, 5) is 22.4. The van der Waals surface area contributed by atoms with E-state index in [1.807, 2.05) is 19.2 Å². The van der Waals surface area contributed by atoms with E-state index in [2.05, 4.69) is 15.5 Å². The van der Waals surface area contributed by atoms with E-state index in [1.165, 1.54) is 17.8 Å². The monoisotopic (exact) mass is 306 g/mol. The van der Waals surface area contributed by atoms with Gasteiger partial charge in [0.15, 0.2) is 0 Å². The molecule has 0 aliphatic carbocycles. The quantitative estimate of drug-likeness (QED) is 0.637. The van der Waals surface area contributed by atoms with Crippen LogP contribution in [0.15, 0.2) is 18.5 Å². The van der Waals surface area contributed by atoms with Crippen molar-refractivity contribution in [1.29, 1.82) is 0 Å². The summed E-state index contributed by atoms with van der Waals surface area (Å²) in [6, 6.07) is 1.19. The molecule has 9 nitrogen and oxygen atoms in total. The maximum Gasteiger partial charge on any atom is 0.309 e. The first-order chi connectivity index (χ1) is 10.4. The van der Waals surface area contributed by atoms with Crippen LogP contribution < -0.4 is 5.32 Å². The standard InChI is InChI=1S/C13H18N6O3/c1-4-17-6-5-11(16-17)7-14-13(20)10(3)18-8-12(19(21)22)9(2)15-18/h5-6,8,10H,4,7H2,1-3H3,(H,14,20). The van der Waals surface area contributed by atoms with Gasteiger partial charge in [-0.25, -0.2) is 0 Å². The molecule has 22 heavy (non-hydrogen) atoms. The van der Waals surface area contributed by atoms with E-state index in [-0.39, 0.29) is 17.3 Å². The van der Waals surface area contributed by atoms with Crippen LogP contribution in [0.1, 0.15) is 31.3 Å². The Kier molecular flexibility index (Phi) is 4.54. The SMILES string of the molecule is CCn1ccc(CNC(=O)C(C)n2cc([N+](=O)[O-])c(C)n2)n1. The third kappa shape index (κ3) is 3.30. The summed E-state index contributed by atoms with van der Waals surface area (Å²) in [5.41, 5.74) is 0.942. The lowest BCUT2D eigenvalue weighted by Crippen LogP contribution is -2.31. The Morgan fingerprint density at radius 1 is 1.50 bits per heavy atom. The van der Waals surface area contributed by atoms with Crippen LogP contribution in [0.25, 0.3) is 0 Å². The molecule has 2 heterocycles. The van der Waals surface area contributed by atoms with E-state index >= 15 is 0 Å². The molecule has 0 fully saturated rings. The van der Waals surface area contributed by atoms with Gasteiger partial charge in [-0.3, -0.25) is 24.3 Å². The molecule has 118 valence electrons. The van der Waals surface area contributed by atoms with E-state index < -0.39 is 11.0 Å². The molecule has 0 aliphatic heterocycles. The maximum atomic E-state index is 12.1. The molecule has 2 rings (SSSR count). The predicted molar refractivity (Wildman–Crippen MR) is 78.1 cm³/mol. The Balaban J connectivity index is 1.99. The number of nitrogens with zero attached hydrogens (tertiary/aromatic N) is 5. The largest absolute Gasteiger partial charge is 0.349 e. The molecule has 9 heteroatoms. The number of carbonyl (C=O) groups excluding carboxylic acids is 1. The van der Waals surface area contributed by atoms with Crippen LogP contribution in [0.3, 0.4) is 0 Å². The van der Waals surface area contributed by atoms with Crippen molar-refractivity contribution in [1.82, 2.24) is 24.9 Å². The van der Waals surface area contributed by atoms with Gasteiger partial charge < -0.3 is 5.32 Å². The number of nitro groups is 1. The highest BCUT2D eigenvalue weighted by Crippen LogP contribution is 2.18. The predicted octanol–water partition coefficient (Wildman–Crippen LogP) is 1.19. The van der Waals surface area contributed by atoms with E-state index in [0.29, 0.717) is 6.54 Å². The number of rotatable bonds is 6. The van der Waals surface area contributed by atoms with Gasteiger partial charge in [-0.1, -0.05) is 0 Å². The van der Waals surface area contributed by atoms with Crippen LogP contribution in [-0.4, -0.2) is 30.4 Å². The zero-order valence-electron chi connectivity index (χ0n) is 12.7. The van der Waals surface area contributed by atoms with Crippen LogP contribution in [0.2, 0.25) is 0 Å². The van der Waals surface area contributed by atoms with E-state index in [0.717, 1.165) is 12.2 Å². The van der Waals surface area contributed by atoms with E-state index in [1.54, 1.807) is 11.6 Å². The van der Waals surface area contributed by atoms with Gasteiger partial charge in [-0.2, -0.15) is 10.2 Å². The smallest absolute Gasteiger partial charge is 0.309 e. The Labute approximate surface area is 127 Å². The molecule has 0 aliphatic rings. The highest BCUT2D eigenvalue weighted by atomic mass is 16.6. The minimum absolute atomic E-state index is 0.0960. The second-order valence-corrected chi connectivity index (χ2v) is 4.89. The van der Waals surface area contributed by atoms with Crippen molar-refractivity contribution in [2.45, 2.75) is 39.9 Å². The minimum atomic E-state index is -0.638. The molecule has 0 aromatic carbocycles. The summed E-state index contributed by atoms with van der Waals surface area (Å²) in [6.45, 7) is 6.22. The van der Waals surface area contributed by atoms with Crippen molar-refractivity contribution in [2.75, 3.05) is 0 Å². The van der Waals surface area contributed by atoms with Crippen LogP contribution in [-0.2, 0) is 17.9 Å². The second-order valence-electron chi connectivity index (χ2n) is 4.89. The molecule has 0 saturated carbocycles. The summed E-state index contributed by atoms with van der Waals surface area (Å²) < 4.78 is 3.07. The molecule has 2 aromatic heterocycles. The van der Waals surface area contributed by atoms with Gasteiger partial charge in [0.25, 0.3) is 0 Å². The second kappa shape index (κ2) is 6.37. The fourth-order valence-electron chi connectivity index (χ4n) is 1.97. The fraction of sp³-hybridized carbons (Fsp3) is 0.462. The summed E-state index contributed by atoms with van der Waals surface area (Å²) in [6.07, 6.45) is 3.11. The summed E-state index contributed by atoms with van der Waals surface area (Å²) >= 11 is 0. The van der Waals surface area contributed by atoms with Crippen LogP contribution in [0.5, 0.6) is 0 Å². The van der Waals surface area contributed by atoms with E-state index in [9.17, 15) is 14.9 Å². The Morgan fingerprint density at radius 2 is 2.23 bits per heavy atom. The highest BCUT2D eigenvalue weighted by Gasteiger charge is 2.22. The van der Waals surface area contributed by atoms with Crippen molar-refractivity contribution in [3.63, 3.8) is 0 Å². The molecule has 2 aromatic rings. The van der Waals surface area contributed by atoms with Gasteiger partial charge >= 0.3 is 5.69 Å². The first kappa shape index (κ1) is 15.7. The number of hydrogen-bond acceptors (Lipinski definition) is 5. The van der Waals surface area contributed by atoms with Crippen molar-refractivity contribution in [2.24, 2.45) is 0 Å². The highest BCUT2D eigenvalue weighted by molar-refractivity contribution is 5.79. The maximum absolute atomic E-state index is 12.1. The van der Waals surface area contributed by atoms with Crippen molar-refractivity contribution in [3.05, 3.63) is 40.0 Å². The number of nitrogens with one attached hydrogen (secondary N) is 1. The average Bonchev–Trinajstić information content (AvgIpc) is 3.10. The van der Waals surface area contributed by atoms with Crippen LogP contribution in [0.4, 0.5) is 5.69 Å². The zero-order valence-corrected chi connectivity index (χ0v) is 12.7. The topological polar surface area (TPSA) is 108 Å². The zero-order chi connectivity index (χ0) is 16.3. The summed E-state index contributed by atoms with van der Waals surface area (Å²) in [7, 11) is 0. The molecule has 1 amide bonds. The van der Waals surface area contributed by atoms with Gasteiger partial charge in [-0.05, 0) is 26.8 Å². The molecule has 0 bridgehead atoms. The Morgan fingerprint density at radius 3 is 2.77 bits per heavy atom. The lowest BCUT2D eigenvalue weighted by molar-refractivity contribution is -0.385. The fourth-order valence-corrected chi connectivity index (χ4v) is 1.97. The lowest BCUT2D eigenvalue weighted by Gasteiger charge is -2.11. The molecule has 0 spiro atoms. The first-order valence-electron chi connectivity index (χ1n) is 6.92. The third-order valence-corrected chi connectivity index (χ3v) is 3.33. The van der Waals surface area contributed by atoms with E-state index in [4.69, 9.17) is 0 Å². The van der Waals surface area contributed by atoms with Crippen LogP contribution in [0, 0.1) is 17.0 Å². The normalized spacial score (nSPS) is 12.1. The summed E-state index contributed by atoms with van der Waals surface area (Å²) in [5, 5.41) is 21.8. The molecule has 0 saturated heterocycles. The Bertz CT molecular complexity index is 690. The van der Waals surface area contributed by atoms with Gasteiger partial charge in [0.1, 0.15) is 17.9 Å². The van der Waals surface area contributed by atoms with Gasteiger partial charge in [0.05, 0.1) is 17.2 Å². The first-order valence-corrected chi connectivity index (χ1v) is 6.92. The lowest BCUT2D eigenvalue weighted by atomic mass is 10.3. The van der Waals surface area contributed by atoms with Gasteiger partial charge in [0.2, 0.25) is 5.91 Å². The van der Waals surface area contributed by atoms with Gasteiger partial charge in [0, 0.05) is 12.7 Å². The molecule has 0 radical (unpaired) electrons.